The highest BCUT2D eigenvalue weighted by atomic mass is 32.2. The maximum absolute atomic E-state index is 14.6. The molecule has 0 radical (unpaired) electrons. The molecule has 2 N–H and O–H groups in total. The second-order valence-corrected chi connectivity index (χ2v) is 17.0. The van der Waals surface area contributed by atoms with E-state index in [2.05, 4.69) is 65.3 Å². The van der Waals surface area contributed by atoms with Crippen molar-refractivity contribution in [2.24, 2.45) is 0 Å². The van der Waals surface area contributed by atoms with E-state index in [4.69, 9.17) is 9.47 Å². The number of halogens is 2. The first kappa shape index (κ1) is 40.4. The fraction of sp³-hybridized carbons (Fsp3) is 0.419. The molecule has 6 rings (SSSR count). The highest BCUT2D eigenvalue weighted by molar-refractivity contribution is 8.00. The molecule has 286 valence electrons. The molecular formula is C43H56F2N4O3S. The zero-order valence-corrected chi connectivity index (χ0v) is 33.0. The molecule has 7 nitrogen and oxygen atoms in total. The second-order valence-electron chi connectivity index (χ2n) is 14.7. The molecule has 53 heavy (non-hydrogen) atoms. The van der Waals surface area contributed by atoms with Gasteiger partial charge in [0.05, 0.1) is 5.56 Å². The molecule has 2 heterocycles. The summed E-state index contributed by atoms with van der Waals surface area (Å²) in [5, 5.41) is 6.74. The van der Waals surface area contributed by atoms with Crippen LogP contribution in [0.2, 0.25) is 0 Å². The van der Waals surface area contributed by atoms with Crippen molar-refractivity contribution in [3.63, 3.8) is 0 Å². The Kier molecular flexibility index (Phi) is 13.4. The van der Waals surface area contributed by atoms with Crippen LogP contribution in [-0.2, 0) is 33.9 Å². The Bertz CT molecular complexity index is 1760. The molecule has 2 aliphatic rings. The number of nitrogens with zero attached hydrogens (tertiary/aromatic N) is 2. The number of benzene rings is 4. The average molecular weight is 747 g/mol. The molecule has 0 bridgehead atoms. The van der Waals surface area contributed by atoms with Gasteiger partial charge in [0.1, 0.15) is 23.0 Å². The topological polar surface area (TPSA) is 66.1 Å². The molecular weight excluding hydrogens is 691 g/mol. The number of alkyl halides is 2. The van der Waals surface area contributed by atoms with Gasteiger partial charge in [0.15, 0.2) is 0 Å². The molecule has 0 aromatic heterocycles. The Morgan fingerprint density at radius 3 is 1.40 bits per heavy atom. The molecule has 4 aromatic rings. The minimum absolute atomic E-state index is 0.109. The van der Waals surface area contributed by atoms with Gasteiger partial charge in [-0.1, -0.05) is 52.8 Å². The summed E-state index contributed by atoms with van der Waals surface area (Å²) >= 11 is 0. The van der Waals surface area contributed by atoms with Crippen LogP contribution in [0.5, 0.6) is 23.0 Å². The van der Waals surface area contributed by atoms with Gasteiger partial charge in [-0.3, -0.25) is 14.0 Å². The van der Waals surface area contributed by atoms with E-state index in [9.17, 15) is 13.0 Å². The molecule has 2 fully saturated rings. The van der Waals surface area contributed by atoms with Crippen molar-refractivity contribution in [1.82, 2.24) is 20.4 Å². The molecule has 4 aromatic carbocycles. The van der Waals surface area contributed by atoms with Crippen LogP contribution >= 0.6 is 0 Å². The summed E-state index contributed by atoms with van der Waals surface area (Å²) in [6, 6.07) is 25.3. The fourth-order valence-electron chi connectivity index (χ4n) is 6.58. The van der Waals surface area contributed by atoms with Crippen molar-refractivity contribution < 1.29 is 22.5 Å². The molecule has 1 unspecified atom stereocenters. The SMILES string of the molecule is C=S(=O)(c1ccc(Oc2cc(CN3CCNCC3)ccc2C(C)(C)C)cc1)c1ccc(Oc2cc(CN3CCNCC3)ccc2C(C)(F)F)cc1.CC. The van der Waals surface area contributed by atoms with E-state index in [0.717, 1.165) is 82.7 Å². The lowest BCUT2D eigenvalue weighted by atomic mass is 9.85. The van der Waals surface area contributed by atoms with E-state index in [1.165, 1.54) is 11.6 Å². The summed E-state index contributed by atoms with van der Waals surface area (Å²) in [7, 11) is -2.88. The predicted octanol–water partition coefficient (Wildman–Crippen LogP) is 8.65. The standard InChI is InChI=1S/C41H50F2N4O3S.C2H6/c1-40(2,3)36-16-6-30(28-46-22-18-44-19-23-46)26-38(36)49-32-8-12-34(13-9-32)51(5,48)35-14-10-33(11-15-35)50-39-27-31(7-17-37(39)41(4,42)43)29-47-24-20-45-21-25-47;1-2/h6-17,26-27,44-45H,5,18-25,28-29H2,1-4H3;1-2H3. The van der Waals surface area contributed by atoms with E-state index in [1.807, 2.05) is 26.0 Å². The van der Waals surface area contributed by atoms with Crippen LogP contribution in [0.3, 0.4) is 0 Å². The molecule has 0 aliphatic carbocycles. The third-order valence-corrected chi connectivity index (χ3v) is 11.5. The number of piperazine rings is 2. The van der Waals surface area contributed by atoms with Crippen LogP contribution < -0.4 is 20.1 Å². The van der Waals surface area contributed by atoms with Gasteiger partial charge in [0, 0.05) is 97.2 Å². The summed E-state index contributed by atoms with van der Waals surface area (Å²) in [5.41, 5.74) is 2.92. The van der Waals surface area contributed by atoms with Crippen LogP contribution in [0.1, 0.15) is 63.8 Å². The van der Waals surface area contributed by atoms with Gasteiger partial charge >= 0.3 is 0 Å². The lowest BCUT2D eigenvalue weighted by Crippen LogP contribution is -2.42. The Morgan fingerprint density at radius 1 is 0.642 bits per heavy atom. The Labute approximate surface area is 315 Å². The lowest BCUT2D eigenvalue weighted by Gasteiger charge is -2.28. The van der Waals surface area contributed by atoms with Crippen LogP contribution in [-0.4, -0.2) is 72.2 Å². The maximum atomic E-state index is 14.6. The number of rotatable bonds is 11. The molecule has 2 saturated heterocycles. The number of hydrogen-bond acceptors (Lipinski definition) is 7. The third kappa shape index (κ3) is 10.7. The third-order valence-electron chi connectivity index (χ3n) is 9.47. The largest absolute Gasteiger partial charge is 0.457 e. The molecule has 0 saturated carbocycles. The van der Waals surface area contributed by atoms with Crippen molar-refractivity contribution >= 4 is 15.4 Å². The molecule has 2 aliphatic heterocycles. The van der Waals surface area contributed by atoms with Gasteiger partial charge in [-0.25, -0.2) is 8.78 Å². The Hall–Kier alpha value is -3.80. The summed E-state index contributed by atoms with van der Waals surface area (Å²) in [4.78, 5) is 5.79. The number of hydrogen-bond donors (Lipinski definition) is 2. The Balaban J connectivity index is 0.00000266. The summed E-state index contributed by atoms with van der Waals surface area (Å²) in [6.45, 7) is 20.5. The van der Waals surface area contributed by atoms with E-state index < -0.39 is 15.4 Å². The van der Waals surface area contributed by atoms with Crippen LogP contribution in [0, 0.1) is 0 Å². The van der Waals surface area contributed by atoms with Crippen molar-refractivity contribution in [3.8, 4) is 23.0 Å². The lowest BCUT2D eigenvalue weighted by molar-refractivity contribution is 0.0155. The van der Waals surface area contributed by atoms with Crippen molar-refractivity contribution in [2.75, 3.05) is 52.4 Å². The van der Waals surface area contributed by atoms with E-state index in [1.54, 1.807) is 48.5 Å². The first-order valence-electron chi connectivity index (χ1n) is 18.7. The monoisotopic (exact) mass is 746 g/mol. The van der Waals surface area contributed by atoms with Crippen molar-refractivity contribution in [3.05, 3.63) is 107 Å². The minimum Gasteiger partial charge on any atom is -0.457 e. The second kappa shape index (κ2) is 17.6. The zero-order chi connectivity index (χ0) is 38.2. The van der Waals surface area contributed by atoms with E-state index in [0.29, 0.717) is 27.8 Å². The van der Waals surface area contributed by atoms with E-state index >= 15 is 0 Å². The quantitative estimate of drug-likeness (QED) is 0.149. The van der Waals surface area contributed by atoms with Crippen molar-refractivity contribution in [2.45, 2.75) is 75.8 Å². The first-order valence-corrected chi connectivity index (χ1v) is 20.4. The summed E-state index contributed by atoms with van der Waals surface area (Å²) in [5.74, 6) is 2.95. The van der Waals surface area contributed by atoms with Gasteiger partial charge in [-0.05, 0) is 89.1 Å². The molecule has 0 spiro atoms. The molecule has 0 amide bonds. The number of ether oxygens (including phenoxy) is 2. The minimum atomic E-state index is -3.08. The summed E-state index contributed by atoms with van der Waals surface area (Å²) < 4.78 is 55.8. The van der Waals surface area contributed by atoms with Crippen LogP contribution in [0.25, 0.3) is 0 Å². The number of nitrogens with one attached hydrogen (secondary N) is 2. The Morgan fingerprint density at radius 2 is 1.02 bits per heavy atom. The van der Waals surface area contributed by atoms with Gasteiger partial charge < -0.3 is 20.1 Å². The van der Waals surface area contributed by atoms with Gasteiger partial charge in [0.25, 0.3) is 5.92 Å². The maximum Gasteiger partial charge on any atom is 0.274 e. The molecule has 10 heteroatoms. The van der Waals surface area contributed by atoms with E-state index in [-0.39, 0.29) is 16.7 Å². The van der Waals surface area contributed by atoms with Crippen LogP contribution in [0.15, 0.2) is 94.7 Å². The van der Waals surface area contributed by atoms with Gasteiger partial charge in [0.2, 0.25) is 0 Å². The first-order chi connectivity index (χ1) is 25.3. The average Bonchev–Trinajstić information content (AvgIpc) is 3.13. The predicted molar refractivity (Wildman–Crippen MR) is 214 cm³/mol. The smallest absolute Gasteiger partial charge is 0.274 e. The zero-order valence-electron chi connectivity index (χ0n) is 32.1. The van der Waals surface area contributed by atoms with Gasteiger partial charge in [-0.2, -0.15) is 0 Å². The fourth-order valence-corrected chi connectivity index (χ4v) is 8.00. The van der Waals surface area contributed by atoms with Crippen molar-refractivity contribution in [1.29, 1.82) is 0 Å². The highest BCUT2D eigenvalue weighted by Gasteiger charge is 2.29. The summed E-state index contributed by atoms with van der Waals surface area (Å²) in [6.07, 6.45) is 0. The normalized spacial score (nSPS) is 17.0. The van der Waals surface area contributed by atoms with Crippen LogP contribution in [0.4, 0.5) is 8.78 Å². The highest BCUT2D eigenvalue weighted by Crippen LogP contribution is 2.39. The molecule has 1 atom stereocenters. The van der Waals surface area contributed by atoms with Gasteiger partial charge in [-0.15, -0.1) is 0 Å².